The first-order chi connectivity index (χ1) is 15.0. The van der Waals surface area contributed by atoms with Crippen LogP contribution in [0.1, 0.15) is 69.8 Å². The summed E-state index contributed by atoms with van der Waals surface area (Å²) in [6.07, 6.45) is 12.6. The van der Waals surface area contributed by atoms with E-state index in [9.17, 15) is 14.0 Å². The fraction of sp³-hybridized carbons (Fsp3) is 0.520. The molecule has 0 spiro atoms. The molecule has 0 aliphatic carbocycles. The van der Waals surface area contributed by atoms with E-state index in [1.807, 2.05) is 0 Å². The smallest absolute Gasteiger partial charge is 0.372 e. The van der Waals surface area contributed by atoms with Crippen molar-refractivity contribution in [2.45, 2.75) is 71.1 Å². The number of rotatable bonds is 15. The number of hydrogen-bond donors (Lipinski definition) is 0. The molecule has 0 saturated heterocycles. The zero-order chi connectivity index (χ0) is 22.5. The highest BCUT2D eigenvalue weighted by molar-refractivity contribution is 5.81. The second-order valence-electron chi connectivity index (χ2n) is 7.74. The van der Waals surface area contributed by atoms with Crippen LogP contribution >= 0.6 is 0 Å². The summed E-state index contributed by atoms with van der Waals surface area (Å²) in [5, 5.41) is 0.584. The van der Waals surface area contributed by atoms with Crippen LogP contribution in [-0.2, 0) is 9.53 Å². The molecule has 0 aliphatic rings. The van der Waals surface area contributed by atoms with Gasteiger partial charge >= 0.3 is 11.6 Å². The van der Waals surface area contributed by atoms with Gasteiger partial charge in [0.2, 0.25) is 5.82 Å². The first-order valence-electron chi connectivity index (χ1n) is 11.2. The summed E-state index contributed by atoms with van der Waals surface area (Å²) in [6.45, 7) is 6.02. The van der Waals surface area contributed by atoms with Crippen LogP contribution < -0.4 is 10.4 Å². The van der Waals surface area contributed by atoms with Crippen LogP contribution in [0.15, 0.2) is 40.1 Å². The minimum Gasteiger partial charge on any atom is -0.493 e. The van der Waals surface area contributed by atoms with Gasteiger partial charge in [0.15, 0.2) is 0 Å². The van der Waals surface area contributed by atoms with E-state index in [0.717, 1.165) is 25.7 Å². The third-order valence-electron chi connectivity index (χ3n) is 5.29. The molecule has 0 saturated carbocycles. The monoisotopic (exact) mass is 432 g/mol. The highest BCUT2D eigenvalue weighted by atomic mass is 19.1. The van der Waals surface area contributed by atoms with E-state index in [4.69, 9.17) is 13.9 Å². The summed E-state index contributed by atoms with van der Waals surface area (Å²) in [7, 11) is 0. The fourth-order valence-electron chi connectivity index (χ4n) is 3.44. The van der Waals surface area contributed by atoms with Crippen molar-refractivity contribution in [2.75, 3.05) is 13.2 Å². The lowest BCUT2D eigenvalue weighted by Crippen LogP contribution is -2.07. The van der Waals surface area contributed by atoms with Crippen LogP contribution in [0.25, 0.3) is 11.0 Å². The van der Waals surface area contributed by atoms with Crippen LogP contribution in [0.4, 0.5) is 4.39 Å². The SMILES string of the molecule is C=CC(=O)OCCCCCCCCCCCCOc1ccc2c(C)c(F)c(=O)oc2c1. The topological polar surface area (TPSA) is 65.7 Å². The molecule has 6 heteroatoms. The minimum absolute atomic E-state index is 0.298. The second kappa shape index (κ2) is 13.6. The Hall–Kier alpha value is -2.63. The number of carbonyl (C=O) groups is 1. The number of fused-ring (bicyclic) bond motifs is 1. The quantitative estimate of drug-likeness (QED) is 0.144. The van der Waals surface area contributed by atoms with Crippen molar-refractivity contribution in [2.24, 2.45) is 0 Å². The molecule has 0 aliphatic heterocycles. The maximum atomic E-state index is 13.6. The fourth-order valence-corrected chi connectivity index (χ4v) is 3.44. The molecule has 1 aromatic carbocycles. The summed E-state index contributed by atoms with van der Waals surface area (Å²) in [6, 6.07) is 5.14. The highest BCUT2D eigenvalue weighted by Gasteiger charge is 2.11. The standard InChI is InChI=1S/C25H33FO5/c1-3-23(27)30-17-13-11-9-7-5-4-6-8-10-12-16-29-20-14-15-21-19(2)24(26)25(28)31-22(21)18-20/h3,14-15,18H,1,4-13,16-17H2,2H3. The van der Waals surface area contributed by atoms with Crippen LogP contribution in [0.2, 0.25) is 0 Å². The van der Waals surface area contributed by atoms with Gasteiger partial charge in [0.05, 0.1) is 13.2 Å². The van der Waals surface area contributed by atoms with Gasteiger partial charge in [-0.2, -0.15) is 4.39 Å². The van der Waals surface area contributed by atoms with E-state index in [1.54, 1.807) is 25.1 Å². The second-order valence-corrected chi connectivity index (χ2v) is 7.74. The number of hydrogen-bond acceptors (Lipinski definition) is 5. The molecule has 0 atom stereocenters. The van der Waals surface area contributed by atoms with Crippen molar-refractivity contribution in [1.82, 2.24) is 0 Å². The molecule has 0 amide bonds. The number of aryl methyl sites for hydroxylation is 1. The van der Waals surface area contributed by atoms with Gasteiger partial charge in [0, 0.05) is 23.1 Å². The number of carbonyl (C=O) groups excluding carboxylic acids is 1. The van der Waals surface area contributed by atoms with Crippen molar-refractivity contribution in [3.05, 3.63) is 52.7 Å². The molecule has 0 bridgehead atoms. The van der Waals surface area contributed by atoms with Crippen molar-refractivity contribution in [3.63, 3.8) is 0 Å². The average Bonchev–Trinajstić information content (AvgIpc) is 2.77. The van der Waals surface area contributed by atoms with Gasteiger partial charge < -0.3 is 13.9 Å². The van der Waals surface area contributed by atoms with E-state index in [2.05, 4.69) is 6.58 Å². The summed E-state index contributed by atoms with van der Waals surface area (Å²) >= 11 is 0. The Morgan fingerprint density at radius 1 is 1.00 bits per heavy atom. The van der Waals surface area contributed by atoms with E-state index in [0.29, 0.717) is 35.5 Å². The summed E-state index contributed by atoms with van der Waals surface area (Å²) in [5.74, 6) is -0.559. The molecule has 1 heterocycles. The van der Waals surface area contributed by atoms with Gasteiger partial charge in [-0.25, -0.2) is 9.59 Å². The predicted molar refractivity (Wildman–Crippen MR) is 120 cm³/mol. The van der Waals surface area contributed by atoms with E-state index in [-0.39, 0.29) is 5.97 Å². The first kappa shape index (κ1) is 24.6. The maximum Gasteiger partial charge on any atom is 0.372 e. The summed E-state index contributed by atoms with van der Waals surface area (Å²) < 4.78 is 29.3. The molecule has 0 N–H and O–H groups in total. The van der Waals surface area contributed by atoms with E-state index >= 15 is 0 Å². The van der Waals surface area contributed by atoms with Crippen molar-refractivity contribution >= 4 is 16.9 Å². The molecule has 31 heavy (non-hydrogen) atoms. The Morgan fingerprint density at radius 2 is 1.58 bits per heavy atom. The summed E-state index contributed by atoms with van der Waals surface area (Å²) in [5.41, 5.74) is -0.304. The number of unbranched alkanes of at least 4 members (excludes halogenated alkanes) is 9. The van der Waals surface area contributed by atoms with Gasteiger partial charge in [-0.1, -0.05) is 57.9 Å². The lowest BCUT2D eigenvalue weighted by Gasteiger charge is -2.08. The lowest BCUT2D eigenvalue weighted by molar-refractivity contribution is -0.137. The molecule has 2 aromatic rings. The third kappa shape index (κ3) is 8.56. The van der Waals surface area contributed by atoms with Gasteiger partial charge in [-0.05, 0) is 31.9 Å². The molecular weight excluding hydrogens is 399 g/mol. The molecule has 0 radical (unpaired) electrons. The van der Waals surface area contributed by atoms with Crippen LogP contribution in [0, 0.1) is 12.7 Å². The van der Waals surface area contributed by atoms with Crippen LogP contribution in [-0.4, -0.2) is 19.2 Å². The molecule has 1 aromatic heterocycles. The normalized spacial score (nSPS) is 10.9. The Balaban J connectivity index is 1.49. The largest absolute Gasteiger partial charge is 0.493 e. The summed E-state index contributed by atoms with van der Waals surface area (Å²) in [4.78, 5) is 22.4. The zero-order valence-corrected chi connectivity index (χ0v) is 18.4. The van der Waals surface area contributed by atoms with E-state index in [1.165, 1.54) is 44.6 Å². The molecule has 2 rings (SSSR count). The predicted octanol–water partition coefficient (Wildman–Crippen LogP) is 6.25. The van der Waals surface area contributed by atoms with Gasteiger partial charge in [0.1, 0.15) is 11.3 Å². The lowest BCUT2D eigenvalue weighted by atomic mass is 10.1. The molecule has 5 nitrogen and oxygen atoms in total. The number of halogens is 1. The Bertz CT molecular complexity index is 903. The van der Waals surface area contributed by atoms with Gasteiger partial charge in [0.25, 0.3) is 0 Å². The maximum absolute atomic E-state index is 13.6. The van der Waals surface area contributed by atoms with Crippen molar-refractivity contribution < 1.29 is 23.1 Å². The van der Waals surface area contributed by atoms with E-state index < -0.39 is 11.4 Å². The molecule has 0 unspecified atom stereocenters. The average molecular weight is 433 g/mol. The highest BCUT2D eigenvalue weighted by Crippen LogP contribution is 2.23. The number of benzene rings is 1. The Kier molecular flexibility index (Phi) is 10.8. The zero-order valence-electron chi connectivity index (χ0n) is 18.4. The number of ether oxygens (including phenoxy) is 2. The Morgan fingerprint density at radius 3 is 2.19 bits per heavy atom. The molecule has 0 fully saturated rings. The Labute approximate surface area is 183 Å². The number of esters is 1. The van der Waals surface area contributed by atoms with Crippen LogP contribution in [0.3, 0.4) is 0 Å². The van der Waals surface area contributed by atoms with Crippen molar-refractivity contribution in [3.8, 4) is 5.75 Å². The van der Waals surface area contributed by atoms with Crippen LogP contribution in [0.5, 0.6) is 5.75 Å². The first-order valence-corrected chi connectivity index (χ1v) is 11.2. The third-order valence-corrected chi connectivity index (χ3v) is 5.29. The molecule has 170 valence electrons. The minimum atomic E-state index is -0.948. The van der Waals surface area contributed by atoms with Gasteiger partial charge in [-0.3, -0.25) is 0 Å². The molecular formula is C25H33FO5. The van der Waals surface area contributed by atoms with Crippen molar-refractivity contribution in [1.29, 1.82) is 0 Å². The van der Waals surface area contributed by atoms with Gasteiger partial charge in [-0.15, -0.1) is 0 Å².